The van der Waals surface area contributed by atoms with Gasteiger partial charge in [0.15, 0.2) is 0 Å². The molecule has 0 aromatic heterocycles. The van der Waals surface area contributed by atoms with E-state index in [0.29, 0.717) is 49.2 Å². The van der Waals surface area contributed by atoms with Gasteiger partial charge in [-0.3, -0.25) is 5.32 Å². The molecule has 0 saturated carbocycles. The Morgan fingerprint density at radius 2 is 0.969 bits per heavy atom. The van der Waals surface area contributed by atoms with E-state index in [1.807, 2.05) is 0 Å². The minimum absolute atomic E-state index is 0.0356. The highest BCUT2D eigenvalue weighted by molar-refractivity contribution is 7.80. The lowest BCUT2D eigenvalue weighted by Gasteiger charge is -2.31. The maximum absolute atomic E-state index is 11.9. The summed E-state index contributed by atoms with van der Waals surface area (Å²) < 4.78 is 21.4. The van der Waals surface area contributed by atoms with E-state index in [2.05, 4.69) is 71.8 Å². The molecule has 0 fully saturated rings. The minimum atomic E-state index is -1.16. The number of thiol groups is 4. The van der Waals surface area contributed by atoms with Gasteiger partial charge in [0.25, 0.3) is 0 Å². The molecule has 188 valence electrons. The molecule has 11 nitrogen and oxygen atoms in total. The van der Waals surface area contributed by atoms with Crippen LogP contribution >= 0.6 is 50.5 Å². The number of rotatable bonds is 18. The van der Waals surface area contributed by atoms with Crippen LogP contribution in [-0.2, 0) is 18.9 Å². The van der Waals surface area contributed by atoms with Crippen molar-refractivity contribution in [3.05, 3.63) is 0 Å². The predicted molar refractivity (Wildman–Crippen MR) is 135 cm³/mol. The molecule has 0 spiro atoms. The number of amides is 3. The van der Waals surface area contributed by atoms with Gasteiger partial charge in [-0.15, -0.1) is 0 Å². The average molecular weight is 535 g/mol. The summed E-state index contributed by atoms with van der Waals surface area (Å²) in [5, 5.41) is 10.6. The fourth-order valence-electron chi connectivity index (χ4n) is 2.02. The Bertz CT molecular complexity index is 475. The summed E-state index contributed by atoms with van der Waals surface area (Å²) in [6.07, 6.45) is -2.05. The number of carbonyl (C=O) groups excluding carboxylic acids is 3. The molecule has 0 radical (unpaired) electrons. The lowest BCUT2D eigenvalue weighted by Crippen LogP contribution is -2.46. The molecule has 0 aliphatic carbocycles. The van der Waals surface area contributed by atoms with Crippen molar-refractivity contribution in [3.63, 3.8) is 0 Å². The van der Waals surface area contributed by atoms with Gasteiger partial charge in [0.2, 0.25) is 0 Å². The molecular formula is C17H34N4O7S4. The quantitative estimate of drug-likeness (QED) is 0.0549. The third-order valence-electron chi connectivity index (χ3n) is 3.57. The van der Waals surface area contributed by atoms with Crippen molar-refractivity contribution < 1.29 is 33.3 Å². The average Bonchev–Trinajstić information content (AvgIpc) is 2.80. The fraction of sp³-hybridized carbons (Fsp3) is 0.824. The Morgan fingerprint density at radius 3 is 1.31 bits per heavy atom. The van der Waals surface area contributed by atoms with Crippen molar-refractivity contribution >= 4 is 68.8 Å². The molecule has 0 aliphatic heterocycles. The lowest BCUT2D eigenvalue weighted by atomic mass is 9.92. The van der Waals surface area contributed by atoms with Crippen molar-refractivity contribution in [3.8, 4) is 0 Å². The zero-order valence-corrected chi connectivity index (χ0v) is 21.4. The number of hydrogen-bond donors (Lipinski definition) is 8. The van der Waals surface area contributed by atoms with Crippen LogP contribution in [0.1, 0.15) is 0 Å². The summed E-state index contributed by atoms with van der Waals surface area (Å²) in [7, 11) is 0. The SMILES string of the molecule is O=C(NCCS)OCC(COCNCCS)(COC(=O)NCCS)COC(=O)NCCS. The first-order valence-corrected chi connectivity index (χ1v) is 12.4. The smallest absolute Gasteiger partial charge is 0.407 e. The Labute approximate surface area is 210 Å². The highest BCUT2D eigenvalue weighted by Gasteiger charge is 2.36. The summed E-state index contributed by atoms with van der Waals surface area (Å²) in [4.78, 5) is 35.8. The van der Waals surface area contributed by atoms with Gasteiger partial charge in [0.05, 0.1) is 18.8 Å². The monoisotopic (exact) mass is 534 g/mol. The molecule has 15 heteroatoms. The topological polar surface area (TPSA) is 136 Å². The maximum atomic E-state index is 11.9. The maximum Gasteiger partial charge on any atom is 0.407 e. The van der Waals surface area contributed by atoms with Crippen LogP contribution in [0.2, 0.25) is 0 Å². The summed E-state index contributed by atoms with van der Waals surface area (Å²) in [6.45, 7) is 0.966. The molecule has 0 rings (SSSR count). The Morgan fingerprint density at radius 1 is 0.594 bits per heavy atom. The van der Waals surface area contributed by atoms with Crippen LogP contribution in [0.4, 0.5) is 14.4 Å². The summed E-state index contributed by atoms with van der Waals surface area (Å²) in [6, 6.07) is 0. The summed E-state index contributed by atoms with van der Waals surface area (Å²) >= 11 is 16.2. The molecule has 0 saturated heterocycles. The normalized spacial score (nSPS) is 10.9. The van der Waals surface area contributed by atoms with Gasteiger partial charge in [0, 0.05) is 49.2 Å². The van der Waals surface area contributed by atoms with Crippen LogP contribution in [0, 0.1) is 5.41 Å². The molecule has 0 heterocycles. The van der Waals surface area contributed by atoms with E-state index < -0.39 is 23.7 Å². The molecular weight excluding hydrogens is 500 g/mol. The third-order valence-corrected chi connectivity index (χ3v) is 4.47. The van der Waals surface area contributed by atoms with Crippen LogP contribution in [-0.4, -0.2) is 101 Å². The summed E-state index contributed by atoms with van der Waals surface area (Å²) in [5.74, 6) is 1.92. The summed E-state index contributed by atoms with van der Waals surface area (Å²) in [5.41, 5.74) is -1.16. The standard InChI is InChI=1S/C17H34N4O7S4/c22-14(19-2-6-30)26-10-17(9-25-13-18-1-5-29,11-27-15(23)20-3-7-31)12-28-16(24)21-4-8-32/h18,29-32H,1-13H2,(H,19,22)(H,20,23)(H,21,24). The van der Waals surface area contributed by atoms with Crippen LogP contribution in [0.15, 0.2) is 0 Å². The van der Waals surface area contributed by atoms with Gasteiger partial charge >= 0.3 is 18.3 Å². The number of carbonyl (C=O) groups is 3. The van der Waals surface area contributed by atoms with Crippen molar-refractivity contribution in [1.82, 2.24) is 21.3 Å². The first-order chi connectivity index (χ1) is 15.4. The lowest BCUT2D eigenvalue weighted by molar-refractivity contribution is -0.0681. The molecule has 32 heavy (non-hydrogen) atoms. The van der Waals surface area contributed by atoms with E-state index in [1.165, 1.54) is 0 Å². The van der Waals surface area contributed by atoms with Crippen LogP contribution < -0.4 is 21.3 Å². The van der Waals surface area contributed by atoms with E-state index in [4.69, 9.17) is 18.9 Å². The molecule has 4 N–H and O–H groups in total. The van der Waals surface area contributed by atoms with Crippen molar-refractivity contribution in [2.75, 3.05) is 82.3 Å². The van der Waals surface area contributed by atoms with Crippen molar-refractivity contribution in [1.29, 1.82) is 0 Å². The fourth-order valence-corrected chi connectivity index (χ4v) is 2.52. The van der Waals surface area contributed by atoms with Gasteiger partial charge in [-0.05, 0) is 0 Å². The van der Waals surface area contributed by atoms with E-state index >= 15 is 0 Å². The van der Waals surface area contributed by atoms with Crippen LogP contribution in [0.3, 0.4) is 0 Å². The first kappa shape index (κ1) is 31.1. The second-order valence-corrected chi connectivity index (χ2v) is 8.18. The molecule has 0 aliphatic rings. The van der Waals surface area contributed by atoms with E-state index in [9.17, 15) is 14.4 Å². The highest BCUT2D eigenvalue weighted by atomic mass is 32.1. The van der Waals surface area contributed by atoms with Crippen molar-refractivity contribution in [2.24, 2.45) is 5.41 Å². The Balaban J connectivity index is 5.24. The largest absolute Gasteiger partial charge is 0.449 e. The first-order valence-electron chi connectivity index (χ1n) is 9.87. The van der Waals surface area contributed by atoms with Crippen LogP contribution in [0.25, 0.3) is 0 Å². The molecule has 3 amide bonds. The second kappa shape index (κ2) is 20.7. The molecule has 0 unspecified atom stereocenters. The van der Waals surface area contributed by atoms with Gasteiger partial charge in [-0.2, -0.15) is 50.5 Å². The Kier molecular flexibility index (Phi) is 20.2. The molecule has 0 bridgehead atoms. The number of nitrogens with one attached hydrogen (secondary N) is 4. The Hall–Kier alpha value is -0.870. The van der Waals surface area contributed by atoms with Crippen LogP contribution in [0.5, 0.6) is 0 Å². The number of ether oxygens (including phenoxy) is 4. The van der Waals surface area contributed by atoms with Gasteiger partial charge in [-0.25, -0.2) is 14.4 Å². The predicted octanol–water partition coefficient (Wildman–Crippen LogP) is 0.434. The number of hydrogen-bond acceptors (Lipinski definition) is 12. The molecule has 0 aromatic carbocycles. The van der Waals surface area contributed by atoms with Gasteiger partial charge in [-0.1, -0.05) is 0 Å². The zero-order valence-electron chi connectivity index (χ0n) is 17.8. The van der Waals surface area contributed by atoms with E-state index in [-0.39, 0.29) is 33.2 Å². The molecule has 0 atom stereocenters. The second-order valence-electron chi connectivity index (χ2n) is 6.40. The zero-order chi connectivity index (χ0) is 24.1. The number of alkyl carbamates (subject to hydrolysis) is 3. The van der Waals surface area contributed by atoms with E-state index in [1.54, 1.807) is 0 Å². The van der Waals surface area contributed by atoms with Gasteiger partial charge in [0.1, 0.15) is 19.8 Å². The van der Waals surface area contributed by atoms with Crippen molar-refractivity contribution in [2.45, 2.75) is 0 Å². The highest BCUT2D eigenvalue weighted by Crippen LogP contribution is 2.21. The van der Waals surface area contributed by atoms with Gasteiger partial charge < -0.3 is 34.9 Å². The molecule has 0 aromatic rings. The third kappa shape index (κ3) is 16.7. The minimum Gasteiger partial charge on any atom is -0.449 e. The van der Waals surface area contributed by atoms with E-state index in [0.717, 1.165) is 0 Å².